The highest BCUT2D eigenvalue weighted by atomic mass is 35.5. The average molecular weight is 444 g/mol. The van der Waals surface area contributed by atoms with Crippen molar-refractivity contribution in [3.8, 4) is 11.4 Å². The minimum absolute atomic E-state index is 0.281. The van der Waals surface area contributed by atoms with E-state index in [9.17, 15) is 4.79 Å². The van der Waals surface area contributed by atoms with Crippen molar-refractivity contribution in [3.63, 3.8) is 0 Å². The first-order chi connectivity index (χ1) is 15.6. The summed E-state index contributed by atoms with van der Waals surface area (Å²) in [4.78, 5) is 26.3. The maximum Gasteiger partial charge on any atom is 0.255 e. The molecule has 3 aromatic heterocycles. The van der Waals surface area contributed by atoms with Crippen molar-refractivity contribution in [3.05, 3.63) is 95.2 Å². The second kappa shape index (κ2) is 8.24. The molecule has 0 aliphatic carbocycles. The molecule has 0 unspecified atom stereocenters. The van der Waals surface area contributed by atoms with Crippen LogP contribution in [-0.4, -0.2) is 30.6 Å². The predicted octanol–water partition coefficient (Wildman–Crippen LogP) is 4.32. The Labute approximate surface area is 189 Å². The molecule has 0 saturated heterocycles. The van der Waals surface area contributed by atoms with Crippen molar-refractivity contribution >= 4 is 29.1 Å². The van der Waals surface area contributed by atoms with Crippen LogP contribution in [0.1, 0.15) is 18.5 Å². The first kappa shape index (κ1) is 19.9. The molecular formula is C23H18ClN7O. The molecule has 0 fully saturated rings. The topological polar surface area (TPSA) is 97.6 Å². The summed E-state index contributed by atoms with van der Waals surface area (Å²) in [6.07, 6.45) is 6.63. The van der Waals surface area contributed by atoms with Crippen molar-refractivity contribution in [2.24, 2.45) is 0 Å². The zero-order chi connectivity index (χ0) is 22.1. The maximum absolute atomic E-state index is 13.4. The molecule has 1 aromatic carbocycles. The molecule has 1 aliphatic heterocycles. The maximum atomic E-state index is 13.4. The Hall–Kier alpha value is -4.04. The molecule has 8 nitrogen and oxygen atoms in total. The summed E-state index contributed by atoms with van der Waals surface area (Å²) < 4.78 is 1.69. The lowest BCUT2D eigenvalue weighted by atomic mass is 9.95. The predicted molar refractivity (Wildman–Crippen MR) is 122 cm³/mol. The van der Waals surface area contributed by atoms with Crippen molar-refractivity contribution in [2.75, 3.05) is 10.6 Å². The van der Waals surface area contributed by atoms with Crippen LogP contribution in [-0.2, 0) is 4.79 Å². The number of rotatable bonds is 4. The minimum atomic E-state index is -0.574. The lowest BCUT2D eigenvalue weighted by Gasteiger charge is -2.29. The number of pyridine rings is 2. The summed E-state index contributed by atoms with van der Waals surface area (Å²) in [5, 5.41) is 11.4. The van der Waals surface area contributed by atoms with Gasteiger partial charge in [0.05, 0.1) is 17.5 Å². The third kappa shape index (κ3) is 3.61. The second-order valence-corrected chi connectivity index (χ2v) is 7.64. The van der Waals surface area contributed by atoms with Crippen LogP contribution in [0.4, 0.5) is 11.6 Å². The van der Waals surface area contributed by atoms with Crippen LogP contribution in [0.5, 0.6) is 0 Å². The third-order valence-electron chi connectivity index (χ3n) is 5.14. The molecule has 5 rings (SSSR count). The van der Waals surface area contributed by atoms with Gasteiger partial charge >= 0.3 is 0 Å². The van der Waals surface area contributed by atoms with Gasteiger partial charge in [0.15, 0.2) is 5.82 Å². The number of amides is 1. The summed E-state index contributed by atoms with van der Waals surface area (Å²) >= 11 is 6.57. The number of halogens is 1. The van der Waals surface area contributed by atoms with Gasteiger partial charge in [-0.2, -0.15) is 4.98 Å². The molecule has 2 N–H and O–H groups in total. The van der Waals surface area contributed by atoms with Crippen molar-refractivity contribution in [1.29, 1.82) is 0 Å². The van der Waals surface area contributed by atoms with Gasteiger partial charge in [0.25, 0.3) is 5.91 Å². The number of benzene rings is 1. The van der Waals surface area contributed by atoms with E-state index in [1.807, 2.05) is 37.3 Å². The van der Waals surface area contributed by atoms with Gasteiger partial charge in [-0.15, -0.1) is 5.10 Å². The van der Waals surface area contributed by atoms with Gasteiger partial charge in [-0.05, 0) is 37.3 Å². The molecular weight excluding hydrogens is 426 g/mol. The fourth-order valence-corrected chi connectivity index (χ4v) is 3.92. The molecule has 1 amide bonds. The highest BCUT2D eigenvalue weighted by molar-refractivity contribution is 6.31. The highest BCUT2D eigenvalue weighted by Gasteiger charge is 2.35. The fraction of sp³-hybridized carbons (Fsp3) is 0.0870. The van der Waals surface area contributed by atoms with Crippen molar-refractivity contribution in [1.82, 2.24) is 24.7 Å². The Bertz CT molecular complexity index is 1320. The number of carbonyl (C=O) groups is 1. The zero-order valence-electron chi connectivity index (χ0n) is 17.0. The van der Waals surface area contributed by atoms with E-state index in [4.69, 9.17) is 16.7 Å². The summed E-state index contributed by atoms with van der Waals surface area (Å²) in [6, 6.07) is 14.1. The van der Waals surface area contributed by atoms with E-state index in [0.717, 1.165) is 11.1 Å². The van der Waals surface area contributed by atoms with E-state index < -0.39 is 6.04 Å². The summed E-state index contributed by atoms with van der Waals surface area (Å²) in [5.74, 6) is 0.737. The van der Waals surface area contributed by atoms with Crippen molar-refractivity contribution in [2.45, 2.75) is 13.0 Å². The number of allylic oxidation sites excluding steroid dienone is 1. The van der Waals surface area contributed by atoms with E-state index in [0.29, 0.717) is 33.8 Å². The molecule has 0 spiro atoms. The molecule has 32 heavy (non-hydrogen) atoms. The van der Waals surface area contributed by atoms with Gasteiger partial charge in [0, 0.05) is 40.4 Å². The van der Waals surface area contributed by atoms with Crippen LogP contribution in [0.3, 0.4) is 0 Å². The standard InChI is InChI=1S/C23H18ClN7O/c1-14-19(22(32)28-16-7-5-11-26-13-16)20(17-8-2-3-9-18(17)24)31-23(27-14)29-21(30-31)15-6-4-10-25-12-15/h2-13,20H,1H3,(H,28,32)(H,27,29,30)/t20-/m1/s1. The Morgan fingerprint density at radius 1 is 1.06 bits per heavy atom. The third-order valence-corrected chi connectivity index (χ3v) is 5.48. The van der Waals surface area contributed by atoms with E-state index in [2.05, 4.69) is 25.6 Å². The van der Waals surface area contributed by atoms with Crippen LogP contribution in [0.2, 0.25) is 5.02 Å². The number of hydrogen-bond donors (Lipinski definition) is 2. The summed E-state index contributed by atoms with van der Waals surface area (Å²) in [5.41, 5.74) is 3.26. The normalized spacial score (nSPS) is 15.1. The second-order valence-electron chi connectivity index (χ2n) is 7.23. The summed E-state index contributed by atoms with van der Waals surface area (Å²) in [7, 11) is 0. The lowest BCUT2D eigenvalue weighted by Crippen LogP contribution is -2.31. The van der Waals surface area contributed by atoms with Crippen LogP contribution >= 0.6 is 11.6 Å². The molecule has 4 aromatic rings. The smallest absolute Gasteiger partial charge is 0.255 e. The molecule has 1 atom stereocenters. The Morgan fingerprint density at radius 3 is 2.56 bits per heavy atom. The van der Waals surface area contributed by atoms with Gasteiger partial charge in [-0.3, -0.25) is 14.8 Å². The lowest BCUT2D eigenvalue weighted by molar-refractivity contribution is -0.113. The number of fused-ring (bicyclic) bond motifs is 1. The minimum Gasteiger partial charge on any atom is -0.328 e. The van der Waals surface area contributed by atoms with Gasteiger partial charge in [-0.25, -0.2) is 4.68 Å². The Balaban J connectivity index is 1.63. The van der Waals surface area contributed by atoms with Gasteiger partial charge in [-0.1, -0.05) is 29.8 Å². The number of aromatic nitrogens is 5. The Morgan fingerprint density at radius 2 is 1.84 bits per heavy atom. The van der Waals surface area contributed by atoms with E-state index >= 15 is 0 Å². The monoisotopic (exact) mass is 443 g/mol. The molecule has 1 aliphatic rings. The SMILES string of the molecule is CC1=C(C(=O)Nc2cccnc2)[C@@H](c2ccccc2Cl)n2nc(-c3cccnc3)nc2N1. The van der Waals surface area contributed by atoms with Gasteiger partial charge in [0.1, 0.15) is 6.04 Å². The van der Waals surface area contributed by atoms with Gasteiger partial charge < -0.3 is 10.6 Å². The number of hydrogen-bond acceptors (Lipinski definition) is 6. The number of carbonyl (C=O) groups excluding carboxylic acids is 1. The first-order valence-corrected chi connectivity index (χ1v) is 10.3. The quantitative estimate of drug-likeness (QED) is 0.487. The van der Waals surface area contributed by atoms with E-state index in [1.54, 1.807) is 47.7 Å². The highest BCUT2D eigenvalue weighted by Crippen LogP contribution is 2.39. The number of nitrogens with one attached hydrogen (secondary N) is 2. The van der Waals surface area contributed by atoms with E-state index in [1.165, 1.54) is 0 Å². The van der Waals surface area contributed by atoms with Crippen LogP contribution in [0.25, 0.3) is 11.4 Å². The van der Waals surface area contributed by atoms with Crippen molar-refractivity contribution < 1.29 is 4.79 Å². The average Bonchev–Trinajstić information content (AvgIpc) is 3.23. The number of nitrogens with zero attached hydrogens (tertiary/aromatic N) is 5. The molecule has 0 bridgehead atoms. The first-order valence-electron chi connectivity index (χ1n) is 9.92. The van der Waals surface area contributed by atoms with Crippen LogP contribution in [0.15, 0.2) is 84.6 Å². The molecule has 0 saturated carbocycles. The zero-order valence-corrected chi connectivity index (χ0v) is 17.8. The summed E-state index contributed by atoms with van der Waals surface area (Å²) in [6.45, 7) is 1.84. The largest absolute Gasteiger partial charge is 0.328 e. The molecule has 9 heteroatoms. The van der Waals surface area contributed by atoms with E-state index in [-0.39, 0.29) is 5.91 Å². The van der Waals surface area contributed by atoms with Crippen LogP contribution in [0, 0.1) is 0 Å². The number of anilines is 2. The van der Waals surface area contributed by atoms with Crippen LogP contribution < -0.4 is 10.6 Å². The molecule has 4 heterocycles. The Kier molecular flexibility index (Phi) is 5.12. The molecule has 0 radical (unpaired) electrons. The van der Waals surface area contributed by atoms with Gasteiger partial charge in [0.2, 0.25) is 5.95 Å². The molecule has 158 valence electrons. The fourth-order valence-electron chi connectivity index (χ4n) is 3.68.